The van der Waals surface area contributed by atoms with Gasteiger partial charge >= 0.3 is 0 Å². The van der Waals surface area contributed by atoms with E-state index in [0.29, 0.717) is 24.6 Å². The summed E-state index contributed by atoms with van der Waals surface area (Å²) in [5, 5.41) is 0. The van der Waals surface area contributed by atoms with Crippen molar-refractivity contribution in [2.24, 2.45) is 5.92 Å². The second-order valence-electron chi connectivity index (χ2n) is 8.46. The zero-order chi connectivity index (χ0) is 22.2. The van der Waals surface area contributed by atoms with Crippen molar-refractivity contribution in [2.75, 3.05) is 6.61 Å². The quantitative estimate of drug-likeness (QED) is 0.417. The zero-order valence-corrected chi connectivity index (χ0v) is 18.6. The summed E-state index contributed by atoms with van der Waals surface area (Å²) in [5.74, 6) is 1.43. The highest BCUT2D eigenvalue weighted by atomic mass is 16.5. The van der Waals surface area contributed by atoms with Crippen molar-refractivity contribution in [1.29, 1.82) is 0 Å². The highest BCUT2D eigenvalue weighted by Gasteiger charge is 2.18. The first-order chi connectivity index (χ1) is 15.7. The average Bonchev–Trinajstić information content (AvgIpc) is 2.84. The predicted octanol–water partition coefficient (Wildman–Crippen LogP) is 5.97. The molecule has 1 aliphatic rings. The van der Waals surface area contributed by atoms with Gasteiger partial charge in [0, 0.05) is 18.3 Å². The van der Waals surface area contributed by atoms with Crippen molar-refractivity contribution >= 4 is 5.91 Å². The van der Waals surface area contributed by atoms with E-state index in [-0.39, 0.29) is 5.91 Å². The molecular weight excluding hydrogens is 396 g/mol. The molecule has 0 saturated heterocycles. The second kappa shape index (κ2) is 10.8. The van der Waals surface area contributed by atoms with Crippen LogP contribution in [0.25, 0.3) is 0 Å². The van der Waals surface area contributed by atoms with Gasteiger partial charge in [0.1, 0.15) is 5.75 Å². The van der Waals surface area contributed by atoms with Crippen LogP contribution < -0.4 is 4.74 Å². The lowest BCUT2D eigenvalue weighted by Crippen LogP contribution is -2.30. The van der Waals surface area contributed by atoms with Crippen LogP contribution in [0.4, 0.5) is 0 Å². The van der Waals surface area contributed by atoms with E-state index in [1.807, 2.05) is 78.6 Å². The summed E-state index contributed by atoms with van der Waals surface area (Å²) in [5.41, 5.74) is 3.73. The Morgan fingerprint density at radius 1 is 1.03 bits per heavy atom. The number of hydrogen-bond acceptors (Lipinski definition) is 3. The monoisotopic (exact) mass is 426 g/mol. The van der Waals surface area contributed by atoms with Gasteiger partial charge in [-0.1, -0.05) is 48.0 Å². The van der Waals surface area contributed by atoms with Gasteiger partial charge in [0.25, 0.3) is 5.91 Å². The topological polar surface area (TPSA) is 42.4 Å². The predicted molar refractivity (Wildman–Crippen MR) is 127 cm³/mol. The minimum absolute atomic E-state index is 0.00373. The summed E-state index contributed by atoms with van der Waals surface area (Å²) in [6.07, 6.45) is 9.66. The molecule has 2 aromatic carbocycles. The van der Waals surface area contributed by atoms with Crippen molar-refractivity contribution in [1.82, 2.24) is 9.88 Å². The molecule has 0 N–H and O–H groups in total. The van der Waals surface area contributed by atoms with Crippen LogP contribution in [-0.2, 0) is 13.1 Å². The molecular formula is C28H30N2O2. The van der Waals surface area contributed by atoms with Crippen LogP contribution in [0.1, 0.15) is 46.4 Å². The molecule has 1 aliphatic carbocycles. The molecule has 32 heavy (non-hydrogen) atoms. The first-order valence-electron chi connectivity index (χ1n) is 11.3. The first kappa shape index (κ1) is 21.8. The molecule has 0 unspecified atom stereocenters. The first-order valence-corrected chi connectivity index (χ1v) is 11.3. The van der Waals surface area contributed by atoms with E-state index < -0.39 is 0 Å². The molecule has 3 aromatic rings. The SMILES string of the molecule is Cc1ccc(C(=O)N(Cc2cccc(OC[C@@H]3CC=CCC3)c2)Cc2ccccn2)cc1. The molecule has 1 atom stereocenters. The Hall–Kier alpha value is -3.40. The number of amides is 1. The molecule has 4 nitrogen and oxygen atoms in total. The average molecular weight is 427 g/mol. The number of allylic oxidation sites excluding steroid dienone is 2. The maximum absolute atomic E-state index is 13.3. The smallest absolute Gasteiger partial charge is 0.254 e. The number of aromatic nitrogens is 1. The Labute approximate surface area is 190 Å². The lowest BCUT2D eigenvalue weighted by atomic mass is 9.95. The second-order valence-corrected chi connectivity index (χ2v) is 8.46. The van der Waals surface area contributed by atoms with Gasteiger partial charge in [0.2, 0.25) is 0 Å². The minimum atomic E-state index is -0.00373. The van der Waals surface area contributed by atoms with E-state index in [1.165, 1.54) is 6.42 Å². The van der Waals surface area contributed by atoms with Gasteiger partial charge in [0.15, 0.2) is 0 Å². The third-order valence-electron chi connectivity index (χ3n) is 5.80. The molecule has 1 heterocycles. The Bertz CT molecular complexity index is 1040. The van der Waals surface area contributed by atoms with Crippen LogP contribution in [0.3, 0.4) is 0 Å². The van der Waals surface area contributed by atoms with Crippen LogP contribution in [0.5, 0.6) is 5.75 Å². The number of rotatable bonds is 8. The number of aryl methyl sites for hydroxylation is 1. The number of carbonyl (C=O) groups excluding carboxylic acids is 1. The largest absolute Gasteiger partial charge is 0.493 e. The Kier molecular flexibility index (Phi) is 7.34. The van der Waals surface area contributed by atoms with Crippen molar-refractivity contribution in [2.45, 2.75) is 39.3 Å². The van der Waals surface area contributed by atoms with Crippen molar-refractivity contribution < 1.29 is 9.53 Å². The molecule has 4 rings (SSSR count). The number of benzene rings is 2. The highest BCUT2D eigenvalue weighted by molar-refractivity contribution is 5.94. The normalized spacial score (nSPS) is 15.3. The lowest BCUT2D eigenvalue weighted by Gasteiger charge is -2.23. The third-order valence-corrected chi connectivity index (χ3v) is 5.80. The standard InChI is InChI=1S/C28H30N2O2/c1-22-13-15-25(16-14-22)28(31)30(20-26-11-5-6-17-29-26)19-24-10-7-12-27(18-24)32-21-23-8-3-2-4-9-23/h2-3,5-7,10-18,23H,4,8-9,19-21H2,1H3/t23-/m1/s1. The molecule has 1 aromatic heterocycles. The number of hydrogen-bond donors (Lipinski definition) is 0. The summed E-state index contributed by atoms with van der Waals surface area (Å²) >= 11 is 0. The van der Waals surface area contributed by atoms with E-state index in [1.54, 1.807) is 6.20 Å². The van der Waals surface area contributed by atoms with Gasteiger partial charge in [-0.05, 0) is 74.1 Å². The number of nitrogens with zero attached hydrogens (tertiary/aromatic N) is 2. The highest BCUT2D eigenvalue weighted by Crippen LogP contribution is 2.22. The molecule has 164 valence electrons. The van der Waals surface area contributed by atoms with Crippen LogP contribution in [0, 0.1) is 12.8 Å². The van der Waals surface area contributed by atoms with Gasteiger partial charge < -0.3 is 9.64 Å². The van der Waals surface area contributed by atoms with Gasteiger partial charge in [-0.3, -0.25) is 9.78 Å². The van der Waals surface area contributed by atoms with E-state index in [2.05, 4.69) is 17.1 Å². The fourth-order valence-corrected chi connectivity index (χ4v) is 3.94. The Morgan fingerprint density at radius 3 is 2.66 bits per heavy atom. The molecule has 0 fully saturated rings. The molecule has 0 radical (unpaired) electrons. The lowest BCUT2D eigenvalue weighted by molar-refractivity contribution is 0.0727. The number of ether oxygens (including phenoxy) is 1. The maximum atomic E-state index is 13.3. The van der Waals surface area contributed by atoms with Crippen LogP contribution in [-0.4, -0.2) is 22.4 Å². The van der Waals surface area contributed by atoms with Gasteiger partial charge in [-0.15, -0.1) is 0 Å². The van der Waals surface area contributed by atoms with Crippen molar-refractivity contribution in [3.05, 3.63) is 107 Å². The fourth-order valence-electron chi connectivity index (χ4n) is 3.94. The Morgan fingerprint density at radius 2 is 1.91 bits per heavy atom. The van der Waals surface area contributed by atoms with Gasteiger partial charge in [-0.25, -0.2) is 0 Å². The molecule has 0 saturated carbocycles. The van der Waals surface area contributed by atoms with Gasteiger partial charge in [0.05, 0.1) is 18.8 Å². The van der Waals surface area contributed by atoms with Crippen LogP contribution >= 0.6 is 0 Å². The van der Waals surface area contributed by atoms with Gasteiger partial charge in [-0.2, -0.15) is 0 Å². The summed E-state index contributed by atoms with van der Waals surface area (Å²) in [7, 11) is 0. The fraction of sp³-hybridized carbons (Fsp3) is 0.286. The molecule has 0 spiro atoms. The van der Waals surface area contributed by atoms with Crippen LogP contribution in [0.2, 0.25) is 0 Å². The summed E-state index contributed by atoms with van der Waals surface area (Å²) in [6, 6.07) is 21.6. The van der Waals surface area contributed by atoms with Crippen molar-refractivity contribution in [3.63, 3.8) is 0 Å². The molecule has 1 amide bonds. The molecule has 4 heteroatoms. The maximum Gasteiger partial charge on any atom is 0.254 e. The van der Waals surface area contributed by atoms with E-state index in [9.17, 15) is 4.79 Å². The van der Waals surface area contributed by atoms with E-state index >= 15 is 0 Å². The third kappa shape index (κ3) is 6.07. The van der Waals surface area contributed by atoms with E-state index in [4.69, 9.17) is 4.74 Å². The summed E-state index contributed by atoms with van der Waals surface area (Å²) < 4.78 is 6.09. The number of carbonyl (C=O) groups is 1. The summed E-state index contributed by atoms with van der Waals surface area (Å²) in [6.45, 7) is 3.70. The van der Waals surface area contributed by atoms with Crippen molar-refractivity contribution in [3.8, 4) is 5.75 Å². The minimum Gasteiger partial charge on any atom is -0.493 e. The Balaban J connectivity index is 1.49. The van der Waals surface area contributed by atoms with E-state index in [0.717, 1.165) is 42.0 Å². The zero-order valence-electron chi connectivity index (χ0n) is 18.6. The number of pyridine rings is 1. The molecule has 0 bridgehead atoms. The summed E-state index contributed by atoms with van der Waals surface area (Å²) in [4.78, 5) is 19.6. The van der Waals surface area contributed by atoms with Crippen LogP contribution in [0.15, 0.2) is 85.1 Å². The molecule has 0 aliphatic heterocycles.